The molecule has 0 saturated carbocycles. The number of alkyl halides is 3. The molecule has 0 bridgehead atoms. The number of rotatable bonds is 5. The van der Waals surface area contributed by atoms with E-state index >= 15 is 0 Å². The number of likely N-dealkylation sites (tertiary alicyclic amines) is 1. The van der Waals surface area contributed by atoms with E-state index < -0.39 is 30.7 Å². The molecule has 0 aliphatic carbocycles. The van der Waals surface area contributed by atoms with E-state index in [0.29, 0.717) is 23.5 Å². The average molecular weight is 402 g/mol. The van der Waals surface area contributed by atoms with Crippen LogP contribution in [0.15, 0.2) is 18.2 Å². The largest absolute Gasteiger partial charge is 0.494 e. The lowest BCUT2D eigenvalue weighted by Gasteiger charge is -2.24. The number of amides is 4. The van der Waals surface area contributed by atoms with Gasteiger partial charge in [0.15, 0.2) is 0 Å². The second-order valence-corrected chi connectivity index (χ2v) is 6.21. The van der Waals surface area contributed by atoms with E-state index in [4.69, 9.17) is 4.74 Å². The minimum absolute atomic E-state index is 0.247. The van der Waals surface area contributed by atoms with Crippen LogP contribution in [0, 0.1) is 0 Å². The van der Waals surface area contributed by atoms with Crippen LogP contribution in [0.4, 0.5) is 29.3 Å². The molecule has 28 heavy (non-hydrogen) atoms. The lowest BCUT2D eigenvalue weighted by molar-refractivity contribution is -0.140. The normalized spacial score (nSPS) is 16.5. The van der Waals surface area contributed by atoms with E-state index in [-0.39, 0.29) is 18.9 Å². The summed E-state index contributed by atoms with van der Waals surface area (Å²) < 4.78 is 42.0. The number of ether oxygens (including phenoxy) is 1. The van der Waals surface area contributed by atoms with E-state index in [0.717, 1.165) is 0 Å². The van der Waals surface area contributed by atoms with Gasteiger partial charge in [-0.3, -0.25) is 9.59 Å². The highest BCUT2D eigenvalue weighted by atomic mass is 19.4. The molecule has 1 aliphatic rings. The first-order valence-electron chi connectivity index (χ1n) is 8.48. The molecule has 1 aliphatic heterocycles. The minimum atomic E-state index is -4.52. The third kappa shape index (κ3) is 5.76. The zero-order valence-corrected chi connectivity index (χ0v) is 15.4. The van der Waals surface area contributed by atoms with Crippen molar-refractivity contribution < 1.29 is 32.3 Å². The van der Waals surface area contributed by atoms with Gasteiger partial charge < -0.3 is 25.6 Å². The molecule has 8 nitrogen and oxygen atoms in total. The fraction of sp³-hybridized carbons (Fsp3) is 0.471. The van der Waals surface area contributed by atoms with E-state index in [2.05, 4.69) is 10.6 Å². The molecule has 0 spiro atoms. The summed E-state index contributed by atoms with van der Waals surface area (Å²) in [5.41, 5.74) is 0.760. The summed E-state index contributed by atoms with van der Waals surface area (Å²) in [5, 5.41) is 6.98. The molecule has 1 aromatic rings. The van der Waals surface area contributed by atoms with Gasteiger partial charge >= 0.3 is 12.2 Å². The maximum absolute atomic E-state index is 12.5. The number of hydrogen-bond acceptors (Lipinski definition) is 4. The van der Waals surface area contributed by atoms with Crippen LogP contribution in [-0.2, 0) is 9.59 Å². The van der Waals surface area contributed by atoms with Crippen LogP contribution >= 0.6 is 0 Å². The summed E-state index contributed by atoms with van der Waals surface area (Å²) in [6, 6.07) is 2.97. The summed E-state index contributed by atoms with van der Waals surface area (Å²) in [7, 11) is 1.40. The van der Waals surface area contributed by atoms with E-state index in [1.54, 1.807) is 0 Å². The predicted molar refractivity (Wildman–Crippen MR) is 95.1 cm³/mol. The summed E-state index contributed by atoms with van der Waals surface area (Å²) in [6.07, 6.45) is -3.74. The Bertz CT molecular complexity index is 754. The molecule has 4 amide bonds. The molecule has 3 N–H and O–H groups in total. The van der Waals surface area contributed by atoms with Gasteiger partial charge in [-0.15, -0.1) is 0 Å². The zero-order chi connectivity index (χ0) is 20.9. The van der Waals surface area contributed by atoms with Crippen molar-refractivity contribution in [1.82, 2.24) is 10.2 Å². The standard InChI is InChI=1S/C17H21F3N4O4/c1-10(25)22-12-6-5-11(8-14(12)28-2)23-16(27)24-7-3-4-13(24)15(26)21-9-17(18,19)20/h5-6,8,13H,3-4,7,9H2,1-2H3,(H,21,26)(H,22,25)(H,23,27). The fourth-order valence-electron chi connectivity index (χ4n) is 2.84. The Morgan fingerprint density at radius 2 is 1.96 bits per heavy atom. The Labute approximate surface area is 159 Å². The Hall–Kier alpha value is -2.98. The Kier molecular flexibility index (Phi) is 6.71. The number of nitrogens with one attached hydrogen (secondary N) is 3. The van der Waals surface area contributed by atoms with Crippen molar-refractivity contribution >= 4 is 29.2 Å². The van der Waals surface area contributed by atoms with Gasteiger partial charge in [0.1, 0.15) is 18.3 Å². The van der Waals surface area contributed by atoms with Crippen molar-refractivity contribution in [1.29, 1.82) is 0 Å². The first-order chi connectivity index (χ1) is 13.1. The fourth-order valence-corrected chi connectivity index (χ4v) is 2.84. The van der Waals surface area contributed by atoms with Crippen LogP contribution < -0.4 is 20.7 Å². The van der Waals surface area contributed by atoms with Gasteiger partial charge in [0.25, 0.3) is 0 Å². The van der Waals surface area contributed by atoms with Crippen LogP contribution in [0.1, 0.15) is 19.8 Å². The molecule has 1 unspecified atom stereocenters. The highest BCUT2D eigenvalue weighted by Gasteiger charge is 2.36. The lowest BCUT2D eigenvalue weighted by atomic mass is 10.2. The van der Waals surface area contributed by atoms with Crippen LogP contribution in [0.5, 0.6) is 5.75 Å². The van der Waals surface area contributed by atoms with Crippen LogP contribution in [-0.4, -0.2) is 55.2 Å². The number of halogens is 3. The first kappa shape index (κ1) is 21.3. The predicted octanol–water partition coefficient (Wildman–Crippen LogP) is 2.33. The van der Waals surface area contributed by atoms with Gasteiger partial charge in [-0.1, -0.05) is 0 Å². The second kappa shape index (κ2) is 8.81. The molecule has 0 aromatic heterocycles. The molecule has 1 heterocycles. The maximum atomic E-state index is 12.5. The Balaban J connectivity index is 2.05. The van der Waals surface area contributed by atoms with Crippen molar-refractivity contribution in [2.75, 3.05) is 30.8 Å². The van der Waals surface area contributed by atoms with E-state index in [9.17, 15) is 27.6 Å². The Morgan fingerprint density at radius 1 is 1.25 bits per heavy atom. The van der Waals surface area contributed by atoms with Gasteiger partial charge in [-0.25, -0.2) is 4.79 Å². The van der Waals surface area contributed by atoms with Crippen LogP contribution in [0.25, 0.3) is 0 Å². The van der Waals surface area contributed by atoms with Gasteiger partial charge in [-0.05, 0) is 25.0 Å². The van der Waals surface area contributed by atoms with Crippen molar-refractivity contribution in [2.24, 2.45) is 0 Å². The quantitative estimate of drug-likeness (QED) is 0.704. The topological polar surface area (TPSA) is 99.8 Å². The highest BCUT2D eigenvalue weighted by Crippen LogP contribution is 2.28. The molecule has 1 aromatic carbocycles. The molecule has 0 radical (unpaired) electrons. The average Bonchev–Trinajstić information content (AvgIpc) is 3.09. The van der Waals surface area contributed by atoms with Crippen molar-refractivity contribution in [3.8, 4) is 5.75 Å². The third-order valence-electron chi connectivity index (χ3n) is 4.04. The molecule has 1 atom stereocenters. The number of methoxy groups -OCH3 is 1. The first-order valence-corrected chi connectivity index (χ1v) is 8.48. The summed E-state index contributed by atoms with van der Waals surface area (Å²) >= 11 is 0. The number of benzene rings is 1. The maximum Gasteiger partial charge on any atom is 0.405 e. The second-order valence-electron chi connectivity index (χ2n) is 6.21. The SMILES string of the molecule is COc1cc(NC(=O)N2CCCC2C(=O)NCC(F)(F)F)ccc1NC(C)=O. The number of carbonyl (C=O) groups excluding carboxylic acids is 3. The van der Waals surface area contributed by atoms with Gasteiger partial charge in [0.2, 0.25) is 11.8 Å². The van der Waals surface area contributed by atoms with Gasteiger partial charge in [0, 0.05) is 25.2 Å². The number of urea groups is 1. The molecule has 1 fully saturated rings. The monoisotopic (exact) mass is 402 g/mol. The van der Waals surface area contributed by atoms with Gasteiger partial charge in [-0.2, -0.15) is 13.2 Å². The molecule has 2 rings (SSSR count). The number of hydrogen-bond donors (Lipinski definition) is 3. The van der Waals surface area contributed by atoms with E-state index in [1.807, 2.05) is 5.32 Å². The number of nitrogens with zero attached hydrogens (tertiary/aromatic N) is 1. The highest BCUT2D eigenvalue weighted by molar-refractivity contribution is 5.95. The van der Waals surface area contributed by atoms with Crippen LogP contribution in [0.2, 0.25) is 0 Å². The van der Waals surface area contributed by atoms with Crippen molar-refractivity contribution in [3.05, 3.63) is 18.2 Å². The molecular formula is C17H21F3N4O4. The molecule has 1 saturated heterocycles. The summed E-state index contributed by atoms with van der Waals surface area (Å²) in [5.74, 6) is -0.822. The molecular weight excluding hydrogens is 381 g/mol. The Morgan fingerprint density at radius 3 is 2.57 bits per heavy atom. The van der Waals surface area contributed by atoms with Gasteiger partial charge in [0.05, 0.1) is 12.8 Å². The molecule has 154 valence electrons. The summed E-state index contributed by atoms with van der Waals surface area (Å²) in [6.45, 7) is 0.142. The minimum Gasteiger partial charge on any atom is -0.494 e. The zero-order valence-electron chi connectivity index (χ0n) is 15.4. The molecule has 11 heteroatoms. The van der Waals surface area contributed by atoms with Crippen molar-refractivity contribution in [2.45, 2.75) is 32.0 Å². The van der Waals surface area contributed by atoms with Crippen LogP contribution in [0.3, 0.4) is 0 Å². The van der Waals surface area contributed by atoms with Crippen molar-refractivity contribution in [3.63, 3.8) is 0 Å². The number of carbonyl (C=O) groups is 3. The number of anilines is 2. The lowest BCUT2D eigenvalue weighted by Crippen LogP contribution is -2.49. The smallest absolute Gasteiger partial charge is 0.405 e. The third-order valence-corrected chi connectivity index (χ3v) is 4.04. The summed E-state index contributed by atoms with van der Waals surface area (Å²) in [4.78, 5) is 36.9. The van der Waals surface area contributed by atoms with E-state index in [1.165, 1.54) is 37.1 Å².